The van der Waals surface area contributed by atoms with Gasteiger partial charge in [-0.05, 0) is 19.1 Å². The van der Waals surface area contributed by atoms with Gasteiger partial charge in [-0.15, -0.1) is 24.0 Å². The molecule has 0 amide bonds. The first kappa shape index (κ1) is 19.3. The minimum atomic E-state index is -0.0204. The van der Waals surface area contributed by atoms with Gasteiger partial charge in [-0.2, -0.15) is 0 Å². The number of fused-ring (bicyclic) bond motifs is 1. The maximum atomic E-state index is 12.2. The third-order valence-corrected chi connectivity index (χ3v) is 4.14. The molecule has 0 saturated heterocycles. The second-order valence-electron chi connectivity index (χ2n) is 5.70. The molecular weight excluding hydrogens is 431 g/mol. The number of guanidine groups is 1. The van der Waals surface area contributed by atoms with Crippen LogP contribution in [0.2, 0.25) is 0 Å². The molecule has 0 spiro atoms. The van der Waals surface area contributed by atoms with E-state index in [1.165, 1.54) is 0 Å². The topological polar surface area (TPSA) is 81.6 Å². The number of hydrogen-bond donors (Lipinski definition) is 2. The molecule has 7 heteroatoms. The first-order valence-corrected chi connectivity index (χ1v) is 8.15. The summed E-state index contributed by atoms with van der Waals surface area (Å²) in [6, 6.07) is 11.6. The number of ether oxygens (including phenoxy) is 1. The van der Waals surface area contributed by atoms with Crippen molar-refractivity contribution in [2.24, 2.45) is 10.7 Å². The Morgan fingerprint density at radius 1 is 1.36 bits per heavy atom. The Kier molecular flexibility index (Phi) is 6.86. The standard InChI is InChI=1S/C18H22N4O2.HI/c1-2-22-10-5-6-13(17(22)23)12-20-18(19)21-15-9-11-24-16-8-4-3-7-14(15)16;/h3-8,10,15H,2,9,11-12H2,1H3,(H3,19,20,21);1H. The zero-order valence-corrected chi connectivity index (χ0v) is 16.5. The fraction of sp³-hybridized carbons (Fsp3) is 0.333. The molecule has 1 aliphatic heterocycles. The minimum absolute atomic E-state index is 0. The molecular formula is C18H23IN4O2. The summed E-state index contributed by atoms with van der Waals surface area (Å²) in [5.41, 5.74) is 7.71. The summed E-state index contributed by atoms with van der Waals surface area (Å²) in [4.78, 5) is 16.5. The summed E-state index contributed by atoms with van der Waals surface area (Å²) in [7, 11) is 0. The van der Waals surface area contributed by atoms with E-state index in [0.717, 1.165) is 17.7 Å². The normalized spacial score (nSPS) is 16.4. The van der Waals surface area contributed by atoms with Gasteiger partial charge in [-0.25, -0.2) is 4.99 Å². The molecule has 134 valence electrons. The van der Waals surface area contributed by atoms with Gasteiger partial charge in [0.15, 0.2) is 5.96 Å². The van der Waals surface area contributed by atoms with Crippen molar-refractivity contribution in [3.05, 3.63) is 64.1 Å². The van der Waals surface area contributed by atoms with Crippen LogP contribution in [0.25, 0.3) is 0 Å². The summed E-state index contributed by atoms with van der Waals surface area (Å²) < 4.78 is 7.30. The monoisotopic (exact) mass is 454 g/mol. The van der Waals surface area contributed by atoms with Crippen LogP contribution in [0.3, 0.4) is 0 Å². The zero-order valence-electron chi connectivity index (χ0n) is 14.1. The van der Waals surface area contributed by atoms with Crippen LogP contribution in [0.1, 0.15) is 30.5 Å². The van der Waals surface area contributed by atoms with Gasteiger partial charge >= 0.3 is 0 Å². The lowest BCUT2D eigenvalue weighted by atomic mass is 10.0. The average molecular weight is 454 g/mol. The highest BCUT2D eigenvalue weighted by molar-refractivity contribution is 14.0. The van der Waals surface area contributed by atoms with Gasteiger partial charge in [-0.3, -0.25) is 4.79 Å². The lowest BCUT2D eigenvalue weighted by Crippen LogP contribution is -2.37. The number of aliphatic imine (C=N–C) groups is 1. The van der Waals surface area contributed by atoms with Gasteiger partial charge in [0.05, 0.1) is 19.2 Å². The van der Waals surface area contributed by atoms with Gasteiger partial charge in [0.1, 0.15) is 5.75 Å². The van der Waals surface area contributed by atoms with Crippen LogP contribution in [-0.2, 0) is 13.1 Å². The fourth-order valence-corrected chi connectivity index (χ4v) is 2.84. The Morgan fingerprint density at radius 3 is 2.96 bits per heavy atom. The van der Waals surface area contributed by atoms with Crippen LogP contribution < -0.4 is 21.3 Å². The number of para-hydroxylation sites is 1. The van der Waals surface area contributed by atoms with E-state index in [1.54, 1.807) is 16.8 Å². The lowest BCUT2D eigenvalue weighted by molar-refractivity contribution is 0.262. The molecule has 0 saturated carbocycles. The van der Waals surface area contributed by atoms with E-state index >= 15 is 0 Å². The number of benzene rings is 1. The summed E-state index contributed by atoms with van der Waals surface area (Å²) in [6.07, 6.45) is 2.59. The predicted molar refractivity (Wildman–Crippen MR) is 110 cm³/mol. The minimum Gasteiger partial charge on any atom is -0.493 e. The number of nitrogens with zero attached hydrogens (tertiary/aromatic N) is 2. The molecule has 0 bridgehead atoms. The van der Waals surface area contributed by atoms with Crippen molar-refractivity contribution < 1.29 is 4.74 Å². The van der Waals surface area contributed by atoms with Crippen molar-refractivity contribution in [2.75, 3.05) is 6.61 Å². The second-order valence-corrected chi connectivity index (χ2v) is 5.70. The van der Waals surface area contributed by atoms with Gasteiger partial charge in [-0.1, -0.05) is 24.3 Å². The Hall–Kier alpha value is -2.03. The smallest absolute Gasteiger partial charge is 0.255 e. The summed E-state index contributed by atoms with van der Waals surface area (Å²) in [6.45, 7) is 3.49. The average Bonchev–Trinajstić information content (AvgIpc) is 2.61. The second kappa shape index (κ2) is 8.89. The molecule has 3 N–H and O–H groups in total. The first-order chi connectivity index (χ1) is 11.7. The van der Waals surface area contributed by atoms with E-state index in [4.69, 9.17) is 10.5 Å². The van der Waals surface area contributed by atoms with Crippen LogP contribution in [0.5, 0.6) is 5.75 Å². The van der Waals surface area contributed by atoms with Crippen LogP contribution in [0, 0.1) is 0 Å². The van der Waals surface area contributed by atoms with E-state index in [1.807, 2.05) is 37.3 Å². The third-order valence-electron chi connectivity index (χ3n) is 4.14. The third kappa shape index (κ3) is 4.53. The fourth-order valence-electron chi connectivity index (χ4n) is 2.84. The molecule has 2 aromatic rings. The van der Waals surface area contributed by atoms with Crippen LogP contribution in [0.4, 0.5) is 0 Å². The Morgan fingerprint density at radius 2 is 2.16 bits per heavy atom. The quantitative estimate of drug-likeness (QED) is 0.423. The molecule has 25 heavy (non-hydrogen) atoms. The number of aryl methyl sites for hydroxylation is 1. The molecule has 1 aromatic carbocycles. The van der Waals surface area contributed by atoms with E-state index in [2.05, 4.69) is 10.3 Å². The highest BCUT2D eigenvalue weighted by Crippen LogP contribution is 2.31. The van der Waals surface area contributed by atoms with Gasteiger partial charge in [0.2, 0.25) is 0 Å². The number of pyridine rings is 1. The number of aromatic nitrogens is 1. The number of hydrogen-bond acceptors (Lipinski definition) is 3. The summed E-state index contributed by atoms with van der Waals surface area (Å²) in [5, 5.41) is 3.23. The molecule has 1 atom stereocenters. The van der Waals surface area contributed by atoms with Crippen LogP contribution in [0.15, 0.2) is 52.4 Å². The van der Waals surface area contributed by atoms with Crippen molar-refractivity contribution in [3.8, 4) is 5.75 Å². The highest BCUT2D eigenvalue weighted by atomic mass is 127. The maximum absolute atomic E-state index is 12.2. The zero-order chi connectivity index (χ0) is 16.9. The largest absolute Gasteiger partial charge is 0.493 e. The van der Waals surface area contributed by atoms with Crippen molar-refractivity contribution >= 4 is 29.9 Å². The van der Waals surface area contributed by atoms with E-state index in [9.17, 15) is 4.79 Å². The van der Waals surface area contributed by atoms with Crippen LogP contribution in [-0.4, -0.2) is 17.1 Å². The molecule has 2 heterocycles. The molecule has 1 aromatic heterocycles. The van der Waals surface area contributed by atoms with Gasteiger partial charge in [0, 0.05) is 30.3 Å². The molecule has 0 radical (unpaired) electrons. The lowest BCUT2D eigenvalue weighted by Gasteiger charge is -2.26. The maximum Gasteiger partial charge on any atom is 0.255 e. The van der Waals surface area contributed by atoms with E-state index in [0.29, 0.717) is 24.7 Å². The Balaban J connectivity index is 0.00000225. The summed E-state index contributed by atoms with van der Waals surface area (Å²) in [5.74, 6) is 1.21. The highest BCUT2D eigenvalue weighted by Gasteiger charge is 2.21. The number of nitrogens with two attached hydrogens (primary N) is 1. The van der Waals surface area contributed by atoms with Crippen LogP contribution >= 0.6 is 24.0 Å². The first-order valence-electron chi connectivity index (χ1n) is 8.15. The molecule has 0 fully saturated rings. The summed E-state index contributed by atoms with van der Waals surface area (Å²) >= 11 is 0. The molecule has 6 nitrogen and oxygen atoms in total. The van der Waals surface area contributed by atoms with Crippen molar-refractivity contribution in [1.29, 1.82) is 0 Å². The SMILES string of the molecule is CCn1cccc(CN=C(N)NC2CCOc3ccccc32)c1=O.I. The number of halogens is 1. The Bertz CT molecular complexity index is 804. The Labute approximate surface area is 164 Å². The molecule has 0 aliphatic carbocycles. The van der Waals surface area contributed by atoms with Crippen molar-refractivity contribution in [2.45, 2.75) is 32.5 Å². The van der Waals surface area contributed by atoms with Gasteiger partial charge < -0.3 is 20.4 Å². The molecule has 1 unspecified atom stereocenters. The van der Waals surface area contributed by atoms with Crippen molar-refractivity contribution in [1.82, 2.24) is 9.88 Å². The predicted octanol–water partition coefficient (Wildman–Crippen LogP) is 2.41. The number of rotatable bonds is 4. The van der Waals surface area contributed by atoms with E-state index < -0.39 is 0 Å². The van der Waals surface area contributed by atoms with E-state index in [-0.39, 0.29) is 42.1 Å². The number of nitrogens with one attached hydrogen (secondary N) is 1. The molecule has 3 rings (SSSR count). The van der Waals surface area contributed by atoms with Crippen molar-refractivity contribution in [3.63, 3.8) is 0 Å². The van der Waals surface area contributed by atoms with Gasteiger partial charge in [0.25, 0.3) is 5.56 Å². The molecule has 1 aliphatic rings.